The number of pyridine rings is 1. The second kappa shape index (κ2) is 5.35. The number of rotatable bonds is 4. The summed E-state index contributed by atoms with van der Waals surface area (Å²) in [6.45, 7) is 0.507. The maximum Gasteiger partial charge on any atom is 0.141 e. The highest BCUT2D eigenvalue weighted by atomic mass is 19.1. The van der Waals surface area contributed by atoms with Crippen LogP contribution >= 0.6 is 0 Å². The number of hydrogen-bond donors (Lipinski definition) is 2. The third-order valence-corrected chi connectivity index (χ3v) is 2.49. The molecule has 0 atom stereocenters. The second-order valence-corrected chi connectivity index (χ2v) is 3.79. The van der Waals surface area contributed by atoms with Gasteiger partial charge in [0.15, 0.2) is 0 Å². The minimum Gasteiger partial charge on any atom is -0.496 e. The molecule has 0 saturated carbocycles. The fraction of sp³-hybridized carbons (Fsp3) is 0.154. The van der Waals surface area contributed by atoms with Crippen molar-refractivity contribution in [3.05, 3.63) is 47.9 Å². The Kier molecular flexibility index (Phi) is 3.62. The molecule has 1 aromatic carbocycles. The molecular formula is C13H14FN3O. The van der Waals surface area contributed by atoms with Crippen LogP contribution in [-0.2, 0) is 6.54 Å². The van der Waals surface area contributed by atoms with Crippen molar-refractivity contribution in [2.24, 2.45) is 0 Å². The third kappa shape index (κ3) is 2.88. The highest BCUT2D eigenvalue weighted by Crippen LogP contribution is 2.21. The first-order chi connectivity index (χ1) is 8.69. The lowest BCUT2D eigenvalue weighted by Crippen LogP contribution is -2.04. The number of halogens is 1. The molecule has 4 nitrogen and oxygen atoms in total. The molecule has 0 fully saturated rings. The molecule has 0 spiro atoms. The van der Waals surface area contributed by atoms with Crippen LogP contribution in [0, 0.1) is 5.82 Å². The Morgan fingerprint density at radius 1 is 1.33 bits per heavy atom. The molecule has 0 saturated heterocycles. The van der Waals surface area contributed by atoms with Gasteiger partial charge in [0.1, 0.15) is 17.4 Å². The molecule has 94 valence electrons. The van der Waals surface area contributed by atoms with Gasteiger partial charge in [-0.3, -0.25) is 0 Å². The number of hydrogen-bond acceptors (Lipinski definition) is 4. The quantitative estimate of drug-likeness (QED) is 0.814. The summed E-state index contributed by atoms with van der Waals surface area (Å²) in [5.74, 6) is 0.988. The number of nitrogen functional groups attached to an aromatic ring is 1. The molecule has 0 bridgehead atoms. The summed E-state index contributed by atoms with van der Waals surface area (Å²) in [6.07, 6.45) is 1.17. The first-order valence-corrected chi connectivity index (χ1v) is 5.47. The van der Waals surface area contributed by atoms with Crippen LogP contribution in [0.25, 0.3) is 0 Å². The van der Waals surface area contributed by atoms with Gasteiger partial charge in [-0.2, -0.15) is 0 Å². The molecule has 2 aromatic rings. The lowest BCUT2D eigenvalue weighted by atomic mass is 10.2. The summed E-state index contributed by atoms with van der Waals surface area (Å²) >= 11 is 0. The molecule has 5 heteroatoms. The van der Waals surface area contributed by atoms with Crippen molar-refractivity contribution in [3.63, 3.8) is 0 Å². The zero-order chi connectivity index (χ0) is 13.0. The molecule has 1 aromatic heterocycles. The SMILES string of the molecule is COc1ccc(N)cc1CNc1ccc(F)cn1. The van der Waals surface area contributed by atoms with E-state index in [1.54, 1.807) is 19.2 Å². The zero-order valence-corrected chi connectivity index (χ0v) is 9.98. The summed E-state index contributed by atoms with van der Waals surface area (Å²) in [4.78, 5) is 3.91. The number of anilines is 2. The van der Waals surface area contributed by atoms with Gasteiger partial charge in [0.25, 0.3) is 0 Å². The molecule has 0 aliphatic carbocycles. The van der Waals surface area contributed by atoms with Gasteiger partial charge in [-0.15, -0.1) is 0 Å². The number of methoxy groups -OCH3 is 1. The van der Waals surface area contributed by atoms with Crippen molar-refractivity contribution < 1.29 is 9.13 Å². The normalized spacial score (nSPS) is 10.1. The molecule has 0 amide bonds. The Morgan fingerprint density at radius 2 is 2.17 bits per heavy atom. The fourth-order valence-electron chi connectivity index (χ4n) is 1.60. The summed E-state index contributed by atoms with van der Waals surface area (Å²) in [6, 6.07) is 8.35. The van der Waals surface area contributed by atoms with Gasteiger partial charge in [0, 0.05) is 17.8 Å². The number of nitrogens with two attached hydrogens (primary N) is 1. The molecule has 0 aliphatic rings. The highest BCUT2D eigenvalue weighted by Gasteiger charge is 2.03. The summed E-state index contributed by atoms with van der Waals surface area (Å²) in [5, 5.41) is 3.08. The van der Waals surface area contributed by atoms with E-state index in [1.807, 2.05) is 12.1 Å². The van der Waals surface area contributed by atoms with Crippen LogP contribution in [0.1, 0.15) is 5.56 Å². The van der Waals surface area contributed by atoms with Crippen LogP contribution in [0.15, 0.2) is 36.5 Å². The first kappa shape index (κ1) is 12.2. The van der Waals surface area contributed by atoms with E-state index in [0.29, 0.717) is 18.1 Å². The number of ether oxygens (including phenoxy) is 1. The summed E-state index contributed by atoms with van der Waals surface area (Å²) in [5.41, 5.74) is 7.31. The Balaban J connectivity index is 2.09. The first-order valence-electron chi connectivity index (χ1n) is 5.47. The van der Waals surface area contributed by atoms with E-state index >= 15 is 0 Å². The monoisotopic (exact) mass is 247 g/mol. The topological polar surface area (TPSA) is 60.2 Å². The van der Waals surface area contributed by atoms with Gasteiger partial charge in [0.2, 0.25) is 0 Å². The molecule has 2 rings (SSSR count). The van der Waals surface area contributed by atoms with Crippen LogP contribution in [0.2, 0.25) is 0 Å². The lowest BCUT2D eigenvalue weighted by Gasteiger charge is -2.10. The number of benzene rings is 1. The molecule has 0 aliphatic heterocycles. The van der Waals surface area contributed by atoms with Crippen molar-refractivity contribution in [1.82, 2.24) is 4.98 Å². The average molecular weight is 247 g/mol. The van der Waals surface area contributed by atoms with Crippen LogP contribution in [-0.4, -0.2) is 12.1 Å². The van der Waals surface area contributed by atoms with Crippen LogP contribution in [0.4, 0.5) is 15.9 Å². The third-order valence-electron chi connectivity index (χ3n) is 2.49. The fourth-order valence-corrected chi connectivity index (χ4v) is 1.60. The number of nitrogens with zero attached hydrogens (tertiary/aromatic N) is 1. The zero-order valence-electron chi connectivity index (χ0n) is 9.98. The van der Waals surface area contributed by atoms with E-state index < -0.39 is 0 Å². The Bertz CT molecular complexity index is 528. The van der Waals surface area contributed by atoms with Crippen LogP contribution in [0.5, 0.6) is 5.75 Å². The minimum atomic E-state index is -0.359. The van der Waals surface area contributed by atoms with Gasteiger partial charge in [-0.25, -0.2) is 9.37 Å². The Morgan fingerprint density at radius 3 is 2.83 bits per heavy atom. The molecule has 3 N–H and O–H groups in total. The van der Waals surface area contributed by atoms with Crippen LogP contribution < -0.4 is 15.8 Å². The molecule has 0 unspecified atom stereocenters. The van der Waals surface area contributed by atoms with E-state index in [-0.39, 0.29) is 5.82 Å². The second-order valence-electron chi connectivity index (χ2n) is 3.79. The van der Waals surface area contributed by atoms with Crippen molar-refractivity contribution in [1.29, 1.82) is 0 Å². The number of nitrogens with one attached hydrogen (secondary N) is 1. The predicted octanol–water partition coefficient (Wildman–Crippen LogP) is 2.42. The van der Waals surface area contributed by atoms with Gasteiger partial charge in [-0.1, -0.05) is 0 Å². The summed E-state index contributed by atoms with van der Waals surface area (Å²) in [7, 11) is 1.60. The van der Waals surface area contributed by atoms with E-state index in [9.17, 15) is 4.39 Å². The smallest absolute Gasteiger partial charge is 0.141 e. The predicted molar refractivity (Wildman–Crippen MR) is 68.9 cm³/mol. The van der Waals surface area contributed by atoms with Gasteiger partial charge >= 0.3 is 0 Å². The van der Waals surface area contributed by atoms with Crippen molar-refractivity contribution >= 4 is 11.5 Å². The van der Waals surface area contributed by atoms with Gasteiger partial charge in [0.05, 0.1) is 13.3 Å². The maximum absolute atomic E-state index is 12.7. The standard InChI is InChI=1S/C13H14FN3O/c1-18-12-4-3-11(15)6-9(12)7-16-13-5-2-10(14)8-17-13/h2-6,8H,7,15H2,1H3,(H,16,17). The van der Waals surface area contributed by atoms with Crippen molar-refractivity contribution in [2.45, 2.75) is 6.54 Å². The summed E-state index contributed by atoms with van der Waals surface area (Å²) < 4.78 is 17.9. The van der Waals surface area contributed by atoms with Gasteiger partial charge < -0.3 is 15.8 Å². The Labute approximate surface area is 105 Å². The average Bonchev–Trinajstić information content (AvgIpc) is 2.38. The molecule has 18 heavy (non-hydrogen) atoms. The van der Waals surface area contributed by atoms with E-state index in [2.05, 4.69) is 10.3 Å². The number of aromatic nitrogens is 1. The highest BCUT2D eigenvalue weighted by molar-refractivity contribution is 5.49. The minimum absolute atomic E-state index is 0.359. The van der Waals surface area contributed by atoms with Crippen LogP contribution in [0.3, 0.4) is 0 Å². The lowest BCUT2D eigenvalue weighted by molar-refractivity contribution is 0.410. The maximum atomic E-state index is 12.7. The molecular weight excluding hydrogens is 233 g/mol. The molecule has 1 heterocycles. The van der Waals surface area contributed by atoms with Gasteiger partial charge in [-0.05, 0) is 30.3 Å². The largest absolute Gasteiger partial charge is 0.496 e. The van der Waals surface area contributed by atoms with E-state index in [1.165, 1.54) is 12.3 Å². The van der Waals surface area contributed by atoms with Crippen molar-refractivity contribution in [3.8, 4) is 5.75 Å². The van der Waals surface area contributed by atoms with E-state index in [4.69, 9.17) is 10.5 Å². The molecule has 0 radical (unpaired) electrons. The Hall–Kier alpha value is -2.30. The van der Waals surface area contributed by atoms with E-state index in [0.717, 1.165) is 11.3 Å². The van der Waals surface area contributed by atoms with Crippen molar-refractivity contribution in [2.75, 3.05) is 18.2 Å².